The molecule has 2 aliphatic rings. The van der Waals surface area contributed by atoms with Gasteiger partial charge in [-0.25, -0.2) is 4.79 Å². The molecule has 0 saturated heterocycles. The van der Waals surface area contributed by atoms with E-state index in [-0.39, 0.29) is 27.6 Å². The van der Waals surface area contributed by atoms with Gasteiger partial charge in [-0.3, -0.25) is 4.79 Å². The summed E-state index contributed by atoms with van der Waals surface area (Å²) in [6.45, 7) is 2.09. The van der Waals surface area contributed by atoms with Gasteiger partial charge in [0.05, 0.1) is 19.2 Å². The lowest BCUT2D eigenvalue weighted by molar-refractivity contribution is -0.286. The van der Waals surface area contributed by atoms with Crippen LogP contribution in [0.5, 0.6) is 17.2 Å². The maximum Gasteiger partial charge on any atom is 0.586 e. The molecule has 0 aromatic heterocycles. The van der Waals surface area contributed by atoms with Gasteiger partial charge in [0.1, 0.15) is 11.3 Å². The summed E-state index contributed by atoms with van der Waals surface area (Å²) >= 11 is 6.23. The predicted molar refractivity (Wildman–Crippen MR) is 124 cm³/mol. The van der Waals surface area contributed by atoms with Crippen LogP contribution < -0.4 is 19.5 Å². The van der Waals surface area contributed by atoms with Crippen LogP contribution in [0.1, 0.15) is 49.4 Å². The molecule has 0 radical (unpaired) electrons. The van der Waals surface area contributed by atoms with E-state index in [4.69, 9.17) is 25.8 Å². The third kappa shape index (κ3) is 4.87. The number of halogens is 3. The van der Waals surface area contributed by atoms with Crippen LogP contribution in [-0.4, -0.2) is 37.9 Å². The van der Waals surface area contributed by atoms with Gasteiger partial charge >= 0.3 is 12.3 Å². The van der Waals surface area contributed by atoms with Crippen LogP contribution in [0, 0.1) is 5.92 Å². The molecule has 10 heteroatoms. The van der Waals surface area contributed by atoms with Crippen LogP contribution in [0.2, 0.25) is 5.02 Å². The molecule has 1 N–H and O–H groups in total. The highest BCUT2D eigenvalue weighted by Crippen LogP contribution is 2.49. The summed E-state index contributed by atoms with van der Waals surface area (Å²) in [5.41, 5.74) is -0.584. The van der Waals surface area contributed by atoms with Crippen molar-refractivity contribution < 1.29 is 37.3 Å². The summed E-state index contributed by atoms with van der Waals surface area (Å²) in [6.07, 6.45) is -0.547. The lowest BCUT2D eigenvalue weighted by Crippen LogP contribution is -2.56. The van der Waals surface area contributed by atoms with Gasteiger partial charge in [-0.2, -0.15) is 0 Å². The molecule has 1 aliphatic heterocycles. The van der Waals surface area contributed by atoms with Gasteiger partial charge in [-0.1, -0.05) is 31.0 Å². The Labute approximate surface area is 206 Å². The molecule has 1 saturated carbocycles. The zero-order valence-electron chi connectivity index (χ0n) is 19.6. The first kappa shape index (κ1) is 25.0. The topological polar surface area (TPSA) is 83.1 Å². The first-order valence-electron chi connectivity index (χ1n) is 11.3. The highest BCUT2D eigenvalue weighted by atomic mass is 35.5. The molecule has 0 atom stereocenters. The van der Waals surface area contributed by atoms with Gasteiger partial charge in [-0.05, 0) is 61.4 Å². The Balaban J connectivity index is 1.72. The minimum atomic E-state index is -3.89. The van der Waals surface area contributed by atoms with Crippen molar-refractivity contribution in [3.63, 3.8) is 0 Å². The maximum atomic E-state index is 14.0. The van der Waals surface area contributed by atoms with E-state index in [2.05, 4.69) is 17.0 Å². The van der Waals surface area contributed by atoms with Crippen molar-refractivity contribution in [3.8, 4) is 28.4 Å². The lowest BCUT2D eigenvalue weighted by atomic mass is 9.75. The van der Waals surface area contributed by atoms with Crippen LogP contribution in [0.25, 0.3) is 11.1 Å². The molecule has 7 nitrogen and oxygen atoms in total. The second-order valence-corrected chi connectivity index (χ2v) is 9.15. The van der Waals surface area contributed by atoms with Gasteiger partial charge in [0.25, 0.3) is 5.91 Å². The molecule has 4 rings (SSSR count). The van der Waals surface area contributed by atoms with E-state index in [1.54, 1.807) is 12.1 Å². The number of nitrogens with one attached hydrogen (secondary N) is 1. The number of esters is 1. The van der Waals surface area contributed by atoms with Crippen molar-refractivity contribution in [1.82, 2.24) is 5.32 Å². The monoisotopic (exact) mass is 509 g/mol. The summed E-state index contributed by atoms with van der Waals surface area (Å²) in [6, 6.07) is 7.26. The number of ether oxygens (including phenoxy) is 4. The third-order valence-electron chi connectivity index (χ3n) is 6.69. The molecule has 1 aliphatic carbocycles. The molecule has 0 unspecified atom stereocenters. The molecular formula is C25H26ClF2NO6. The zero-order chi connectivity index (χ0) is 25.4. The van der Waals surface area contributed by atoms with E-state index in [0.29, 0.717) is 30.1 Å². The Kier molecular flexibility index (Phi) is 6.81. The first-order chi connectivity index (χ1) is 16.6. The Bertz CT molecular complexity index is 1150. The highest BCUT2D eigenvalue weighted by molar-refractivity contribution is 6.32. The average molecular weight is 510 g/mol. The Morgan fingerprint density at radius 2 is 1.86 bits per heavy atom. The molecule has 2 aromatic rings. The van der Waals surface area contributed by atoms with Crippen LogP contribution >= 0.6 is 11.6 Å². The molecule has 188 valence electrons. The van der Waals surface area contributed by atoms with E-state index >= 15 is 0 Å². The standard InChI is InChI=1S/C25H26ClF2NO6/c1-4-14-7-9-24(10-8-14,23(31)33-3)29-22(30)16-11-17(15-5-6-19(32-2)18(26)12-15)21-20(13-16)34-25(27,28)35-21/h5-6,11-14H,4,7-10H2,1-3H3,(H,29,30)/t14-,24+. The number of methoxy groups -OCH3 is 2. The van der Waals surface area contributed by atoms with Gasteiger partial charge in [0, 0.05) is 11.1 Å². The lowest BCUT2D eigenvalue weighted by Gasteiger charge is -2.38. The molecule has 0 bridgehead atoms. The predicted octanol–water partition coefficient (Wildman–Crippen LogP) is 5.58. The summed E-state index contributed by atoms with van der Waals surface area (Å²) in [4.78, 5) is 26.1. The number of benzene rings is 2. The molecule has 1 heterocycles. The average Bonchev–Trinajstić information content (AvgIpc) is 3.16. The van der Waals surface area contributed by atoms with Crippen molar-refractivity contribution >= 4 is 23.5 Å². The van der Waals surface area contributed by atoms with Crippen molar-refractivity contribution in [2.75, 3.05) is 14.2 Å². The number of alkyl halides is 2. The number of hydrogen-bond acceptors (Lipinski definition) is 6. The van der Waals surface area contributed by atoms with Crippen molar-refractivity contribution in [2.24, 2.45) is 5.92 Å². The molecule has 1 fully saturated rings. The minimum absolute atomic E-state index is 0.0212. The Morgan fingerprint density at radius 3 is 2.46 bits per heavy atom. The quantitative estimate of drug-likeness (QED) is 0.512. The molecule has 1 amide bonds. The van der Waals surface area contributed by atoms with Crippen molar-refractivity contribution in [1.29, 1.82) is 0 Å². The first-order valence-corrected chi connectivity index (χ1v) is 11.7. The second kappa shape index (κ2) is 9.53. The molecular weight excluding hydrogens is 484 g/mol. The van der Waals surface area contributed by atoms with Crippen molar-refractivity contribution in [3.05, 3.63) is 40.9 Å². The van der Waals surface area contributed by atoms with Gasteiger partial charge in [0.2, 0.25) is 0 Å². The Hall–Kier alpha value is -3.07. The molecule has 0 spiro atoms. The van der Waals surface area contributed by atoms with Gasteiger partial charge in [-0.15, -0.1) is 8.78 Å². The van der Waals surface area contributed by atoms with Gasteiger partial charge in [0.15, 0.2) is 11.5 Å². The third-order valence-corrected chi connectivity index (χ3v) is 6.99. The zero-order valence-corrected chi connectivity index (χ0v) is 20.3. The number of amides is 1. The fourth-order valence-electron chi connectivity index (χ4n) is 4.67. The number of hydrogen-bond donors (Lipinski definition) is 1. The van der Waals surface area contributed by atoms with E-state index in [1.807, 2.05) is 0 Å². The van der Waals surface area contributed by atoms with Crippen LogP contribution in [-0.2, 0) is 9.53 Å². The van der Waals surface area contributed by atoms with Crippen LogP contribution in [0.4, 0.5) is 8.78 Å². The number of fused-ring (bicyclic) bond motifs is 1. The fraction of sp³-hybridized carbons (Fsp3) is 0.440. The number of carbonyl (C=O) groups is 2. The number of rotatable bonds is 6. The van der Waals surface area contributed by atoms with E-state index in [0.717, 1.165) is 19.3 Å². The van der Waals surface area contributed by atoms with Crippen LogP contribution in [0.3, 0.4) is 0 Å². The SMILES string of the molecule is CC[C@H]1CC[C@](NC(=O)c2cc3c(c(-c4ccc(OC)c(Cl)c4)c2)OC(F)(F)O3)(C(=O)OC)CC1. The van der Waals surface area contributed by atoms with E-state index in [9.17, 15) is 18.4 Å². The minimum Gasteiger partial charge on any atom is -0.495 e. The van der Waals surface area contributed by atoms with E-state index < -0.39 is 23.7 Å². The highest BCUT2D eigenvalue weighted by Gasteiger charge is 2.47. The largest absolute Gasteiger partial charge is 0.586 e. The number of carbonyl (C=O) groups excluding carboxylic acids is 2. The Morgan fingerprint density at radius 1 is 1.14 bits per heavy atom. The summed E-state index contributed by atoms with van der Waals surface area (Å²) in [5.74, 6) is -0.817. The summed E-state index contributed by atoms with van der Waals surface area (Å²) in [5, 5.41) is 3.07. The summed E-state index contributed by atoms with van der Waals surface area (Å²) in [7, 11) is 2.72. The summed E-state index contributed by atoms with van der Waals surface area (Å²) < 4.78 is 47.5. The maximum absolute atomic E-state index is 14.0. The second-order valence-electron chi connectivity index (χ2n) is 8.75. The molecule has 2 aromatic carbocycles. The normalized spacial score (nSPS) is 22.4. The van der Waals surface area contributed by atoms with Crippen molar-refractivity contribution in [2.45, 2.75) is 50.9 Å². The fourth-order valence-corrected chi connectivity index (χ4v) is 4.93. The smallest absolute Gasteiger partial charge is 0.495 e. The van der Waals surface area contributed by atoms with Gasteiger partial charge < -0.3 is 24.3 Å². The van der Waals surface area contributed by atoms with Crippen LogP contribution in [0.15, 0.2) is 30.3 Å². The molecule has 35 heavy (non-hydrogen) atoms. The van der Waals surface area contributed by atoms with E-state index in [1.165, 1.54) is 32.4 Å².